The highest BCUT2D eigenvalue weighted by Gasteiger charge is 2.24. The van der Waals surface area contributed by atoms with Crippen molar-refractivity contribution >= 4 is 16.7 Å². The van der Waals surface area contributed by atoms with Crippen LogP contribution in [0.2, 0.25) is 0 Å². The predicted molar refractivity (Wildman–Crippen MR) is 112 cm³/mol. The standard InChI is InChI=1S/C24H26O5/c1-17(28-16-18-6-4-3-5-7-18)8-13-23(24(25)29-26)21-10-9-20-15-22(27-2)12-11-19(20)14-21/h3-7,9-12,14-15,17,23,26H,8,13,16H2,1-2H3/t17-,23?/m0/s1. The number of hydrogen-bond donors (Lipinski definition) is 1. The summed E-state index contributed by atoms with van der Waals surface area (Å²) in [6, 6.07) is 21.5. The van der Waals surface area contributed by atoms with Crippen molar-refractivity contribution < 1.29 is 24.4 Å². The van der Waals surface area contributed by atoms with Gasteiger partial charge in [0, 0.05) is 0 Å². The van der Waals surface area contributed by atoms with Gasteiger partial charge >= 0.3 is 5.97 Å². The summed E-state index contributed by atoms with van der Waals surface area (Å²) in [6.07, 6.45) is 1.14. The molecule has 0 heterocycles. The number of methoxy groups -OCH3 is 1. The van der Waals surface area contributed by atoms with Gasteiger partial charge in [-0.2, -0.15) is 5.26 Å². The summed E-state index contributed by atoms with van der Waals surface area (Å²) in [5, 5.41) is 11.0. The molecule has 0 spiro atoms. The van der Waals surface area contributed by atoms with Gasteiger partial charge in [0.1, 0.15) is 5.75 Å². The third kappa shape index (κ3) is 5.56. The Bertz CT molecular complexity index is 938. The van der Waals surface area contributed by atoms with E-state index in [-0.39, 0.29) is 6.10 Å². The molecule has 0 aliphatic rings. The van der Waals surface area contributed by atoms with Gasteiger partial charge in [0.05, 0.1) is 25.7 Å². The molecule has 1 N–H and O–H groups in total. The van der Waals surface area contributed by atoms with Gasteiger partial charge in [0.15, 0.2) is 0 Å². The molecule has 0 saturated heterocycles. The van der Waals surface area contributed by atoms with Crippen LogP contribution >= 0.6 is 0 Å². The third-order valence-electron chi connectivity index (χ3n) is 5.09. The van der Waals surface area contributed by atoms with Crippen molar-refractivity contribution in [3.05, 3.63) is 77.9 Å². The van der Waals surface area contributed by atoms with Gasteiger partial charge < -0.3 is 14.4 Å². The maximum atomic E-state index is 12.2. The van der Waals surface area contributed by atoms with E-state index in [2.05, 4.69) is 4.89 Å². The predicted octanol–water partition coefficient (Wildman–Crippen LogP) is 5.33. The van der Waals surface area contributed by atoms with E-state index in [0.717, 1.165) is 27.6 Å². The minimum atomic E-state index is -0.659. The summed E-state index contributed by atoms with van der Waals surface area (Å²) in [4.78, 5) is 16.3. The van der Waals surface area contributed by atoms with Crippen LogP contribution in [-0.2, 0) is 21.0 Å². The molecule has 3 aromatic carbocycles. The maximum Gasteiger partial charge on any atom is 0.349 e. The van der Waals surface area contributed by atoms with Crippen molar-refractivity contribution in [3.8, 4) is 5.75 Å². The van der Waals surface area contributed by atoms with Crippen LogP contribution in [-0.4, -0.2) is 24.4 Å². The Kier molecular flexibility index (Phi) is 7.22. The molecule has 3 rings (SSSR count). The second kappa shape index (κ2) is 10.0. The highest BCUT2D eigenvalue weighted by Crippen LogP contribution is 2.29. The summed E-state index contributed by atoms with van der Waals surface area (Å²) < 4.78 is 11.1. The van der Waals surface area contributed by atoms with E-state index in [1.165, 1.54) is 0 Å². The SMILES string of the molecule is COc1ccc2cc(C(CC[C@H](C)OCc3ccccc3)C(=O)OO)ccc2c1. The van der Waals surface area contributed by atoms with Gasteiger partial charge in [-0.1, -0.05) is 54.6 Å². The van der Waals surface area contributed by atoms with E-state index >= 15 is 0 Å². The zero-order valence-corrected chi connectivity index (χ0v) is 16.7. The van der Waals surface area contributed by atoms with Crippen LogP contribution in [0.15, 0.2) is 66.7 Å². The first-order chi connectivity index (χ1) is 14.1. The van der Waals surface area contributed by atoms with Crippen LogP contribution in [0.1, 0.15) is 36.8 Å². The number of ether oxygens (including phenoxy) is 2. The van der Waals surface area contributed by atoms with Gasteiger partial charge in [-0.25, -0.2) is 4.79 Å². The number of benzene rings is 3. The quantitative estimate of drug-likeness (QED) is 0.392. The molecule has 0 aromatic heterocycles. The lowest BCUT2D eigenvalue weighted by molar-refractivity contribution is -0.236. The van der Waals surface area contributed by atoms with E-state index < -0.39 is 11.9 Å². The van der Waals surface area contributed by atoms with Gasteiger partial charge in [-0.05, 0) is 53.8 Å². The molecule has 0 aliphatic heterocycles. The third-order valence-corrected chi connectivity index (χ3v) is 5.09. The van der Waals surface area contributed by atoms with Gasteiger partial charge in [0.25, 0.3) is 0 Å². The molecule has 0 radical (unpaired) electrons. The summed E-state index contributed by atoms with van der Waals surface area (Å²) in [7, 11) is 1.63. The minimum Gasteiger partial charge on any atom is -0.497 e. The number of fused-ring (bicyclic) bond motifs is 1. The number of carbonyl (C=O) groups excluding carboxylic acids is 1. The first-order valence-corrected chi connectivity index (χ1v) is 9.69. The number of hydrogen-bond acceptors (Lipinski definition) is 5. The Morgan fingerprint density at radius 2 is 1.69 bits per heavy atom. The number of rotatable bonds is 9. The summed E-state index contributed by atoms with van der Waals surface area (Å²) in [5.41, 5.74) is 1.91. The Hall–Kier alpha value is -2.89. The second-order valence-corrected chi connectivity index (χ2v) is 7.12. The van der Waals surface area contributed by atoms with Crippen molar-refractivity contribution in [2.45, 2.75) is 38.4 Å². The molecule has 5 heteroatoms. The van der Waals surface area contributed by atoms with Crippen molar-refractivity contribution in [3.63, 3.8) is 0 Å². The van der Waals surface area contributed by atoms with E-state index in [1.807, 2.05) is 73.7 Å². The Labute approximate surface area is 170 Å². The average Bonchev–Trinajstić information content (AvgIpc) is 2.77. The molecule has 5 nitrogen and oxygen atoms in total. The fraction of sp³-hybridized carbons (Fsp3) is 0.292. The van der Waals surface area contributed by atoms with E-state index in [4.69, 9.17) is 14.7 Å². The second-order valence-electron chi connectivity index (χ2n) is 7.12. The monoisotopic (exact) mass is 394 g/mol. The van der Waals surface area contributed by atoms with E-state index in [1.54, 1.807) is 7.11 Å². The van der Waals surface area contributed by atoms with Crippen LogP contribution < -0.4 is 4.74 Å². The van der Waals surface area contributed by atoms with E-state index in [0.29, 0.717) is 19.4 Å². The molecule has 2 atom stereocenters. The lowest BCUT2D eigenvalue weighted by Gasteiger charge is -2.18. The lowest BCUT2D eigenvalue weighted by Crippen LogP contribution is -2.17. The molecule has 3 aromatic rings. The zero-order chi connectivity index (χ0) is 20.6. The molecular formula is C24H26O5. The topological polar surface area (TPSA) is 65.0 Å². The molecule has 0 bridgehead atoms. The van der Waals surface area contributed by atoms with E-state index in [9.17, 15) is 4.79 Å². The fourth-order valence-electron chi connectivity index (χ4n) is 3.37. The summed E-state index contributed by atoms with van der Waals surface area (Å²) in [6.45, 7) is 2.51. The molecule has 0 aliphatic carbocycles. The molecule has 0 amide bonds. The van der Waals surface area contributed by atoms with Crippen LogP contribution in [0.3, 0.4) is 0 Å². The van der Waals surface area contributed by atoms with Crippen molar-refractivity contribution in [2.24, 2.45) is 0 Å². The van der Waals surface area contributed by atoms with Gasteiger partial charge in [-0.15, -0.1) is 0 Å². The van der Waals surface area contributed by atoms with Crippen molar-refractivity contribution in [1.82, 2.24) is 0 Å². The Morgan fingerprint density at radius 3 is 2.41 bits per heavy atom. The highest BCUT2D eigenvalue weighted by molar-refractivity contribution is 5.86. The van der Waals surface area contributed by atoms with Crippen molar-refractivity contribution in [2.75, 3.05) is 7.11 Å². The van der Waals surface area contributed by atoms with Crippen LogP contribution in [0.25, 0.3) is 10.8 Å². The van der Waals surface area contributed by atoms with Crippen LogP contribution in [0.5, 0.6) is 5.75 Å². The molecule has 152 valence electrons. The molecule has 29 heavy (non-hydrogen) atoms. The number of carbonyl (C=O) groups is 1. The average molecular weight is 394 g/mol. The molecule has 0 fully saturated rings. The maximum absolute atomic E-state index is 12.2. The fourth-order valence-corrected chi connectivity index (χ4v) is 3.37. The molecule has 0 saturated carbocycles. The smallest absolute Gasteiger partial charge is 0.349 e. The summed E-state index contributed by atoms with van der Waals surface area (Å²) >= 11 is 0. The van der Waals surface area contributed by atoms with Crippen molar-refractivity contribution in [1.29, 1.82) is 0 Å². The normalized spacial score (nSPS) is 13.1. The minimum absolute atomic E-state index is 0.0334. The first kappa shape index (κ1) is 20.8. The lowest BCUT2D eigenvalue weighted by atomic mass is 9.91. The highest BCUT2D eigenvalue weighted by atomic mass is 17.1. The Balaban J connectivity index is 1.67. The summed E-state index contributed by atoms with van der Waals surface area (Å²) in [5.74, 6) is -0.441. The van der Waals surface area contributed by atoms with Gasteiger partial charge in [0.2, 0.25) is 0 Å². The molecule has 1 unspecified atom stereocenters. The van der Waals surface area contributed by atoms with Crippen LogP contribution in [0, 0.1) is 0 Å². The van der Waals surface area contributed by atoms with Gasteiger partial charge in [-0.3, -0.25) is 0 Å². The molecular weight excluding hydrogens is 368 g/mol. The zero-order valence-electron chi connectivity index (χ0n) is 16.7. The Morgan fingerprint density at radius 1 is 0.966 bits per heavy atom. The largest absolute Gasteiger partial charge is 0.497 e. The first-order valence-electron chi connectivity index (χ1n) is 9.69. The van der Waals surface area contributed by atoms with Crippen LogP contribution in [0.4, 0.5) is 0 Å².